The number of hydrogen-bond donors (Lipinski definition) is 0. The smallest absolute Gasteiger partial charge is 0.345 e. The standard InChI is InChI=1S/C19H17NO3/c1-12-8-13(2)10-14(9-12)23-19(22)17-11-20(3)18(21)16-7-5-4-6-15(16)17/h4-11H,1-3H3. The highest BCUT2D eigenvalue weighted by Gasteiger charge is 2.15. The molecule has 116 valence electrons. The van der Waals surface area contributed by atoms with E-state index in [-0.39, 0.29) is 5.56 Å². The third kappa shape index (κ3) is 2.88. The van der Waals surface area contributed by atoms with E-state index in [2.05, 4.69) is 0 Å². The minimum atomic E-state index is -0.471. The van der Waals surface area contributed by atoms with Gasteiger partial charge < -0.3 is 9.30 Å². The molecule has 0 fully saturated rings. The van der Waals surface area contributed by atoms with Gasteiger partial charge in [0.1, 0.15) is 5.75 Å². The SMILES string of the molecule is Cc1cc(C)cc(OC(=O)c2cn(C)c(=O)c3ccccc23)c1. The van der Waals surface area contributed by atoms with E-state index in [0.29, 0.717) is 22.1 Å². The molecule has 4 heteroatoms. The van der Waals surface area contributed by atoms with Gasteiger partial charge in [-0.2, -0.15) is 0 Å². The van der Waals surface area contributed by atoms with Crippen LogP contribution in [0.25, 0.3) is 10.8 Å². The Morgan fingerprint density at radius 3 is 2.26 bits per heavy atom. The maximum absolute atomic E-state index is 12.6. The fraction of sp³-hybridized carbons (Fsp3) is 0.158. The van der Waals surface area contributed by atoms with Crippen LogP contribution in [0.15, 0.2) is 53.5 Å². The van der Waals surface area contributed by atoms with Crippen LogP contribution in [0, 0.1) is 13.8 Å². The molecule has 2 aromatic carbocycles. The van der Waals surface area contributed by atoms with E-state index in [4.69, 9.17) is 4.74 Å². The summed E-state index contributed by atoms with van der Waals surface area (Å²) in [4.78, 5) is 24.7. The summed E-state index contributed by atoms with van der Waals surface area (Å²) in [6.45, 7) is 3.90. The minimum absolute atomic E-state index is 0.136. The zero-order chi connectivity index (χ0) is 16.6. The summed E-state index contributed by atoms with van der Waals surface area (Å²) >= 11 is 0. The van der Waals surface area contributed by atoms with Crippen molar-refractivity contribution in [2.24, 2.45) is 7.05 Å². The molecule has 0 aliphatic heterocycles. The van der Waals surface area contributed by atoms with Crippen molar-refractivity contribution in [2.75, 3.05) is 0 Å². The number of pyridine rings is 1. The Labute approximate surface area is 133 Å². The van der Waals surface area contributed by atoms with Crippen LogP contribution in [0.2, 0.25) is 0 Å². The number of nitrogens with zero attached hydrogens (tertiary/aromatic N) is 1. The van der Waals surface area contributed by atoms with Crippen molar-refractivity contribution in [1.82, 2.24) is 4.57 Å². The van der Waals surface area contributed by atoms with Crippen molar-refractivity contribution in [3.63, 3.8) is 0 Å². The summed E-state index contributed by atoms with van der Waals surface area (Å²) in [6, 6.07) is 12.7. The molecule has 4 nitrogen and oxygen atoms in total. The minimum Gasteiger partial charge on any atom is -0.423 e. The molecular weight excluding hydrogens is 290 g/mol. The number of fused-ring (bicyclic) bond motifs is 1. The Morgan fingerprint density at radius 2 is 1.61 bits per heavy atom. The molecule has 0 spiro atoms. The molecule has 0 radical (unpaired) electrons. The van der Waals surface area contributed by atoms with Crippen LogP contribution in [0.5, 0.6) is 5.75 Å². The van der Waals surface area contributed by atoms with Crippen molar-refractivity contribution < 1.29 is 9.53 Å². The number of benzene rings is 2. The van der Waals surface area contributed by atoms with Crippen LogP contribution in [-0.2, 0) is 7.05 Å². The predicted octanol–water partition coefficient (Wildman–Crippen LogP) is 3.37. The predicted molar refractivity (Wildman–Crippen MR) is 90.1 cm³/mol. The third-order valence-corrected chi connectivity index (χ3v) is 3.72. The molecule has 0 amide bonds. The molecular formula is C19H17NO3. The van der Waals surface area contributed by atoms with E-state index in [9.17, 15) is 9.59 Å². The summed E-state index contributed by atoms with van der Waals surface area (Å²) in [5.41, 5.74) is 2.29. The second-order valence-corrected chi connectivity index (χ2v) is 5.72. The van der Waals surface area contributed by atoms with Gasteiger partial charge in [-0.05, 0) is 43.2 Å². The van der Waals surface area contributed by atoms with E-state index in [1.165, 1.54) is 10.8 Å². The maximum atomic E-state index is 12.6. The molecule has 0 unspecified atom stereocenters. The number of ether oxygens (including phenoxy) is 1. The molecule has 1 heterocycles. The van der Waals surface area contributed by atoms with Crippen LogP contribution in [0.1, 0.15) is 21.5 Å². The first-order chi connectivity index (χ1) is 11.0. The van der Waals surface area contributed by atoms with Crippen LogP contribution in [0.3, 0.4) is 0 Å². The second-order valence-electron chi connectivity index (χ2n) is 5.72. The Morgan fingerprint density at radius 1 is 1.00 bits per heavy atom. The molecule has 3 aromatic rings. The number of carbonyl (C=O) groups is 1. The average Bonchev–Trinajstić information content (AvgIpc) is 2.49. The number of carbonyl (C=O) groups excluding carboxylic acids is 1. The third-order valence-electron chi connectivity index (χ3n) is 3.72. The highest BCUT2D eigenvalue weighted by atomic mass is 16.5. The Balaban J connectivity index is 2.08. The number of esters is 1. The molecule has 0 saturated carbocycles. The Kier molecular flexibility index (Phi) is 3.74. The lowest BCUT2D eigenvalue weighted by Crippen LogP contribution is -2.20. The van der Waals surface area contributed by atoms with Gasteiger partial charge in [-0.3, -0.25) is 4.79 Å². The fourth-order valence-corrected chi connectivity index (χ4v) is 2.73. The molecule has 23 heavy (non-hydrogen) atoms. The normalized spacial score (nSPS) is 10.7. The monoisotopic (exact) mass is 307 g/mol. The van der Waals surface area contributed by atoms with Gasteiger partial charge in [0, 0.05) is 24.0 Å². The summed E-state index contributed by atoms with van der Waals surface area (Å²) < 4.78 is 6.91. The first kappa shape index (κ1) is 15.0. The maximum Gasteiger partial charge on any atom is 0.345 e. The van der Waals surface area contributed by atoms with Crippen molar-refractivity contribution >= 4 is 16.7 Å². The highest BCUT2D eigenvalue weighted by Crippen LogP contribution is 2.20. The first-order valence-corrected chi connectivity index (χ1v) is 7.34. The van der Waals surface area contributed by atoms with Crippen LogP contribution in [-0.4, -0.2) is 10.5 Å². The van der Waals surface area contributed by atoms with E-state index in [1.807, 2.05) is 32.0 Å². The van der Waals surface area contributed by atoms with Gasteiger partial charge in [0.05, 0.1) is 5.56 Å². The molecule has 0 saturated heterocycles. The highest BCUT2D eigenvalue weighted by molar-refractivity contribution is 6.04. The largest absolute Gasteiger partial charge is 0.423 e. The van der Waals surface area contributed by atoms with E-state index in [0.717, 1.165) is 11.1 Å². The van der Waals surface area contributed by atoms with Gasteiger partial charge >= 0.3 is 5.97 Å². The lowest BCUT2D eigenvalue weighted by molar-refractivity contribution is 0.0736. The summed E-state index contributed by atoms with van der Waals surface area (Å²) in [7, 11) is 1.63. The Bertz CT molecular complexity index is 950. The van der Waals surface area contributed by atoms with Crippen LogP contribution in [0.4, 0.5) is 0 Å². The van der Waals surface area contributed by atoms with E-state index < -0.39 is 5.97 Å². The van der Waals surface area contributed by atoms with Crippen molar-refractivity contribution in [3.8, 4) is 5.75 Å². The average molecular weight is 307 g/mol. The molecule has 0 bridgehead atoms. The van der Waals surface area contributed by atoms with Gasteiger partial charge in [0.2, 0.25) is 0 Å². The van der Waals surface area contributed by atoms with Crippen molar-refractivity contribution in [2.45, 2.75) is 13.8 Å². The second kappa shape index (κ2) is 5.72. The van der Waals surface area contributed by atoms with E-state index >= 15 is 0 Å². The van der Waals surface area contributed by atoms with Gasteiger partial charge in [-0.25, -0.2) is 4.79 Å². The van der Waals surface area contributed by atoms with Gasteiger partial charge in [0.25, 0.3) is 5.56 Å². The molecule has 0 aliphatic rings. The van der Waals surface area contributed by atoms with Crippen molar-refractivity contribution in [3.05, 3.63) is 75.7 Å². The zero-order valence-electron chi connectivity index (χ0n) is 13.3. The summed E-state index contributed by atoms with van der Waals surface area (Å²) in [5, 5.41) is 1.11. The number of aromatic nitrogens is 1. The molecule has 0 aliphatic carbocycles. The van der Waals surface area contributed by atoms with E-state index in [1.54, 1.807) is 31.3 Å². The lowest BCUT2D eigenvalue weighted by Gasteiger charge is -2.10. The molecule has 1 aromatic heterocycles. The Hall–Kier alpha value is -2.88. The summed E-state index contributed by atoms with van der Waals surface area (Å²) in [5.74, 6) is 0.0345. The first-order valence-electron chi connectivity index (χ1n) is 7.34. The van der Waals surface area contributed by atoms with Crippen molar-refractivity contribution in [1.29, 1.82) is 0 Å². The van der Waals surface area contributed by atoms with Gasteiger partial charge in [-0.15, -0.1) is 0 Å². The summed E-state index contributed by atoms with van der Waals surface area (Å²) in [6.07, 6.45) is 1.52. The molecule has 0 atom stereocenters. The van der Waals surface area contributed by atoms with Gasteiger partial charge in [0.15, 0.2) is 0 Å². The van der Waals surface area contributed by atoms with Crippen LogP contribution >= 0.6 is 0 Å². The topological polar surface area (TPSA) is 48.3 Å². The van der Waals surface area contributed by atoms with Gasteiger partial charge in [-0.1, -0.05) is 24.3 Å². The molecule has 0 N–H and O–H groups in total. The molecule has 3 rings (SSSR count). The number of hydrogen-bond acceptors (Lipinski definition) is 3. The lowest BCUT2D eigenvalue weighted by atomic mass is 10.1. The number of rotatable bonds is 2. The zero-order valence-corrected chi connectivity index (χ0v) is 13.3. The quantitative estimate of drug-likeness (QED) is 0.539. The fourth-order valence-electron chi connectivity index (χ4n) is 2.73. The number of aryl methyl sites for hydroxylation is 3. The van der Waals surface area contributed by atoms with Crippen LogP contribution < -0.4 is 10.3 Å².